The van der Waals surface area contributed by atoms with Crippen LogP contribution in [0.1, 0.15) is 13.8 Å². The van der Waals surface area contributed by atoms with Gasteiger partial charge in [-0.3, -0.25) is 10.1 Å². The van der Waals surface area contributed by atoms with Crippen LogP contribution in [0.15, 0.2) is 34.5 Å². The SMILES string of the molecule is CC1(C)C=CC=C(Br)C([N+](=O)[O-])=C1. The number of halogens is 1. The molecule has 0 aliphatic heterocycles. The molecule has 0 aromatic rings. The number of allylic oxidation sites excluding steroid dienone is 5. The van der Waals surface area contributed by atoms with E-state index in [2.05, 4.69) is 15.9 Å². The molecule has 0 spiro atoms. The second-order valence-electron chi connectivity index (χ2n) is 3.48. The Kier molecular flexibility index (Phi) is 2.71. The summed E-state index contributed by atoms with van der Waals surface area (Å²) in [6, 6.07) is 0. The van der Waals surface area contributed by atoms with Gasteiger partial charge in [0.1, 0.15) is 0 Å². The fourth-order valence-corrected chi connectivity index (χ4v) is 1.49. The lowest BCUT2D eigenvalue weighted by Crippen LogP contribution is -2.07. The average molecular weight is 244 g/mol. The zero-order chi connectivity index (χ0) is 10.1. The first-order valence-corrected chi connectivity index (χ1v) is 4.64. The van der Waals surface area contributed by atoms with Crippen LogP contribution in [-0.4, -0.2) is 4.92 Å². The van der Waals surface area contributed by atoms with Gasteiger partial charge in [0.15, 0.2) is 0 Å². The molecule has 0 saturated heterocycles. The third-order valence-corrected chi connectivity index (χ3v) is 2.39. The fraction of sp³-hybridized carbons (Fsp3) is 0.333. The van der Waals surface area contributed by atoms with Crippen LogP contribution in [0.5, 0.6) is 0 Å². The Hall–Kier alpha value is -0.900. The molecule has 0 saturated carbocycles. The first-order chi connectivity index (χ1) is 5.92. The standard InChI is InChI=1S/C9H10BrNO2/c1-9(2)5-3-4-7(10)8(6-9)11(12)13/h3-6H,1-2H3. The Morgan fingerprint density at radius 3 is 2.69 bits per heavy atom. The molecule has 1 aliphatic carbocycles. The highest BCUT2D eigenvalue weighted by molar-refractivity contribution is 9.11. The first-order valence-electron chi connectivity index (χ1n) is 3.85. The Morgan fingerprint density at radius 1 is 1.54 bits per heavy atom. The summed E-state index contributed by atoms with van der Waals surface area (Å²) in [6.07, 6.45) is 7.06. The number of hydrogen-bond donors (Lipinski definition) is 0. The first kappa shape index (κ1) is 10.2. The van der Waals surface area contributed by atoms with Gasteiger partial charge >= 0.3 is 0 Å². The van der Waals surface area contributed by atoms with Gasteiger partial charge in [-0.1, -0.05) is 26.0 Å². The molecule has 1 rings (SSSR count). The summed E-state index contributed by atoms with van der Waals surface area (Å²) in [5.41, 5.74) is -0.149. The van der Waals surface area contributed by atoms with Gasteiger partial charge in [0.2, 0.25) is 0 Å². The Morgan fingerprint density at radius 2 is 2.15 bits per heavy atom. The van der Waals surface area contributed by atoms with Gasteiger partial charge in [-0.25, -0.2) is 0 Å². The van der Waals surface area contributed by atoms with Crippen LogP contribution in [-0.2, 0) is 0 Å². The van der Waals surface area contributed by atoms with Crippen molar-refractivity contribution in [2.24, 2.45) is 5.41 Å². The maximum Gasteiger partial charge on any atom is 0.280 e. The molecule has 0 unspecified atom stereocenters. The van der Waals surface area contributed by atoms with Crippen molar-refractivity contribution in [1.29, 1.82) is 0 Å². The van der Waals surface area contributed by atoms with E-state index in [0.717, 1.165) is 0 Å². The van der Waals surface area contributed by atoms with Crippen molar-refractivity contribution >= 4 is 15.9 Å². The summed E-state index contributed by atoms with van der Waals surface area (Å²) in [5, 5.41) is 10.6. The van der Waals surface area contributed by atoms with Gasteiger partial charge < -0.3 is 0 Å². The van der Waals surface area contributed by atoms with E-state index in [-0.39, 0.29) is 16.0 Å². The molecule has 13 heavy (non-hydrogen) atoms. The largest absolute Gasteiger partial charge is 0.280 e. The summed E-state index contributed by atoms with van der Waals surface area (Å²) in [7, 11) is 0. The summed E-state index contributed by atoms with van der Waals surface area (Å²) >= 11 is 3.16. The van der Waals surface area contributed by atoms with E-state index in [9.17, 15) is 10.1 Å². The topological polar surface area (TPSA) is 43.1 Å². The lowest BCUT2D eigenvalue weighted by Gasteiger charge is -2.12. The van der Waals surface area contributed by atoms with Crippen LogP contribution in [0.3, 0.4) is 0 Å². The number of nitro groups is 1. The van der Waals surface area contributed by atoms with Crippen molar-refractivity contribution in [2.75, 3.05) is 0 Å². The van der Waals surface area contributed by atoms with Gasteiger partial charge in [-0.15, -0.1) is 0 Å². The van der Waals surface area contributed by atoms with Crippen molar-refractivity contribution in [3.8, 4) is 0 Å². The zero-order valence-corrected chi connectivity index (χ0v) is 9.04. The molecule has 0 amide bonds. The Labute approximate surface area is 85.1 Å². The lowest BCUT2D eigenvalue weighted by atomic mass is 9.93. The van der Waals surface area contributed by atoms with E-state index < -0.39 is 0 Å². The molecule has 0 atom stereocenters. The van der Waals surface area contributed by atoms with Crippen molar-refractivity contribution in [3.05, 3.63) is 44.6 Å². The molecule has 1 aliphatic rings. The normalized spacial score (nSPS) is 20.2. The molecule has 0 N–H and O–H groups in total. The van der Waals surface area contributed by atoms with Gasteiger partial charge in [-0.05, 0) is 22.0 Å². The van der Waals surface area contributed by atoms with Crippen LogP contribution >= 0.6 is 15.9 Å². The molecule has 3 nitrogen and oxygen atoms in total. The van der Waals surface area contributed by atoms with Crippen LogP contribution in [0.25, 0.3) is 0 Å². The molecule has 70 valence electrons. The van der Waals surface area contributed by atoms with E-state index in [0.29, 0.717) is 4.48 Å². The Bertz CT molecular complexity index is 327. The molecule has 0 fully saturated rings. The smallest absolute Gasteiger partial charge is 0.258 e. The predicted octanol–water partition coefficient (Wildman–Crippen LogP) is 3.02. The highest BCUT2D eigenvalue weighted by atomic mass is 79.9. The number of nitrogens with zero attached hydrogens (tertiary/aromatic N) is 1. The van der Waals surface area contributed by atoms with Crippen LogP contribution in [0.2, 0.25) is 0 Å². The molecule has 0 bridgehead atoms. The summed E-state index contributed by atoms with van der Waals surface area (Å²) in [6.45, 7) is 3.85. The van der Waals surface area contributed by atoms with Gasteiger partial charge in [0.25, 0.3) is 5.70 Å². The predicted molar refractivity (Wildman–Crippen MR) is 55.0 cm³/mol. The third-order valence-electron chi connectivity index (χ3n) is 1.72. The van der Waals surface area contributed by atoms with Gasteiger partial charge in [0, 0.05) is 11.5 Å². The Balaban J connectivity index is 3.17. The van der Waals surface area contributed by atoms with Crippen LogP contribution in [0, 0.1) is 15.5 Å². The van der Waals surface area contributed by atoms with Gasteiger partial charge in [0.05, 0.1) is 9.41 Å². The van der Waals surface area contributed by atoms with Crippen LogP contribution in [0.4, 0.5) is 0 Å². The minimum Gasteiger partial charge on any atom is -0.258 e. The van der Waals surface area contributed by atoms with Crippen molar-refractivity contribution < 1.29 is 4.92 Å². The average Bonchev–Trinajstić information content (AvgIpc) is 2.10. The van der Waals surface area contributed by atoms with E-state index >= 15 is 0 Å². The van der Waals surface area contributed by atoms with E-state index in [4.69, 9.17) is 0 Å². The van der Waals surface area contributed by atoms with E-state index in [1.54, 1.807) is 12.2 Å². The highest BCUT2D eigenvalue weighted by Crippen LogP contribution is 2.29. The molecule has 4 heteroatoms. The quantitative estimate of drug-likeness (QED) is 0.525. The van der Waals surface area contributed by atoms with Crippen molar-refractivity contribution in [1.82, 2.24) is 0 Å². The fourth-order valence-electron chi connectivity index (χ4n) is 1.08. The van der Waals surface area contributed by atoms with Crippen molar-refractivity contribution in [3.63, 3.8) is 0 Å². The summed E-state index contributed by atoms with van der Waals surface area (Å²) < 4.78 is 0.513. The molecular formula is C9H10BrNO2. The monoisotopic (exact) mass is 243 g/mol. The van der Waals surface area contributed by atoms with E-state index in [1.165, 1.54) is 0 Å². The zero-order valence-electron chi connectivity index (χ0n) is 7.45. The third kappa shape index (κ3) is 2.52. The number of rotatable bonds is 1. The second kappa shape index (κ2) is 3.46. The lowest BCUT2D eigenvalue weighted by molar-refractivity contribution is -0.420. The maximum atomic E-state index is 10.6. The molecule has 0 radical (unpaired) electrons. The summed E-state index contributed by atoms with van der Waals surface area (Å²) in [5.74, 6) is 0. The van der Waals surface area contributed by atoms with E-state index in [1.807, 2.05) is 26.0 Å². The molecule has 0 aromatic heterocycles. The summed E-state index contributed by atoms with van der Waals surface area (Å²) in [4.78, 5) is 10.3. The molecular weight excluding hydrogens is 234 g/mol. The van der Waals surface area contributed by atoms with Crippen LogP contribution < -0.4 is 0 Å². The second-order valence-corrected chi connectivity index (χ2v) is 4.34. The molecule has 0 heterocycles. The highest BCUT2D eigenvalue weighted by Gasteiger charge is 2.22. The van der Waals surface area contributed by atoms with Crippen molar-refractivity contribution in [2.45, 2.75) is 13.8 Å². The van der Waals surface area contributed by atoms with Gasteiger partial charge in [-0.2, -0.15) is 0 Å². The minimum absolute atomic E-state index is 0.120. The maximum absolute atomic E-state index is 10.6. The molecule has 0 aromatic carbocycles. The minimum atomic E-state index is -0.380. The number of hydrogen-bond acceptors (Lipinski definition) is 2.